The monoisotopic (exact) mass is 283 g/mol. The maximum Gasteiger partial charge on any atom is 0.163 e. The molecule has 6 nitrogen and oxygen atoms in total. The zero-order valence-corrected chi connectivity index (χ0v) is 11.8. The average Bonchev–Trinajstić information content (AvgIpc) is 2.88. The molecule has 21 heavy (non-hydrogen) atoms. The normalized spacial score (nSPS) is 12.5. The van der Waals surface area contributed by atoms with Gasteiger partial charge in [-0.2, -0.15) is 5.10 Å². The number of rotatable bonds is 5. The van der Waals surface area contributed by atoms with Gasteiger partial charge < -0.3 is 10.4 Å². The van der Waals surface area contributed by atoms with Crippen molar-refractivity contribution < 1.29 is 5.11 Å². The van der Waals surface area contributed by atoms with Crippen LogP contribution in [0.4, 0.5) is 5.82 Å². The van der Waals surface area contributed by atoms with Crippen LogP contribution in [0.1, 0.15) is 5.56 Å². The highest BCUT2D eigenvalue weighted by atomic mass is 16.3. The van der Waals surface area contributed by atoms with E-state index in [2.05, 4.69) is 20.4 Å². The molecule has 3 rings (SSSR count). The Kier molecular flexibility index (Phi) is 3.79. The predicted molar refractivity (Wildman–Crippen MR) is 80.9 cm³/mol. The van der Waals surface area contributed by atoms with Crippen molar-refractivity contribution in [3.8, 4) is 0 Å². The number of aryl methyl sites for hydroxylation is 1. The van der Waals surface area contributed by atoms with Crippen LogP contribution in [0, 0.1) is 0 Å². The van der Waals surface area contributed by atoms with E-state index in [9.17, 15) is 5.11 Å². The number of hydrogen-bond acceptors (Lipinski definition) is 5. The number of fused-ring (bicyclic) bond motifs is 1. The first-order valence-electron chi connectivity index (χ1n) is 6.82. The molecule has 0 amide bonds. The molecule has 0 saturated carbocycles. The van der Waals surface area contributed by atoms with Gasteiger partial charge in [0.05, 0.1) is 17.7 Å². The van der Waals surface area contributed by atoms with Crippen LogP contribution >= 0.6 is 0 Å². The highest BCUT2D eigenvalue weighted by Gasteiger charge is 2.10. The summed E-state index contributed by atoms with van der Waals surface area (Å²) in [6.07, 6.45) is 3.35. The molecule has 2 aromatic heterocycles. The molecule has 6 heteroatoms. The molecule has 0 bridgehead atoms. The average molecular weight is 283 g/mol. The van der Waals surface area contributed by atoms with Crippen LogP contribution in [-0.4, -0.2) is 37.5 Å². The summed E-state index contributed by atoms with van der Waals surface area (Å²) in [4.78, 5) is 8.40. The van der Waals surface area contributed by atoms with Crippen LogP contribution in [0.2, 0.25) is 0 Å². The number of hydrogen-bond donors (Lipinski definition) is 2. The first-order chi connectivity index (χ1) is 10.2. The Balaban J connectivity index is 1.66. The van der Waals surface area contributed by atoms with Gasteiger partial charge in [-0.1, -0.05) is 30.3 Å². The molecule has 0 aliphatic rings. The van der Waals surface area contributed by atoms with Gasteiger partial charge in [0.15, 0.2) is 5.65 Å². The van der Waals surface area contributed by atoms with E-state index in [1.807, 2.05) is 37.4 Å². The van der Waals surface area contributed by atoms with Crippen molar-refractivity contribution in [2.75, 3.05) is 11.9 Å². The molecule has 0 aliphatic carbocycles. The minimum absolute atomic E-state index is 0.426. The molecule has 2 N–H and O–H groups in total. The van der Waals surface area contributed by atoms with E-state index < -0.39 is 6.10 Å². The Morgan fingerprint density at radius 1 is 1.24 bits per heavy atom. The van der Waals surface area contributed by atoms with E-state index >= 15 is 0 Å². The lowest BCUT2D eigenvalue weighted by molar-refractivity contribution is 0.188. The van der Waals surface area contributed by atoms with Gasteiger partial charge in [0.25, 0.3) is 0 Å². The lowest BCUT2D eigenvalue weighted by Crippen LogP contribution is -2.22. The third kappa shape index (κ3) is 3.00. The zero-order chi connectivity index (χ0) is 14.7. The Labute approximate surface area is 122 Å². The minimum Gasteiger partial charge on any atom is -0.391 e. The van der Waals surface area contributed by atoms with Gasteiger partial charge in [0.2, 0.25) is 0 Å². The van der Waals surface area contributed by atoms with Gasteiger partial charge >= 0.3 is 0 Å². The molecule has 0 aliphatic heterocycles. The lowest BCUT2D eigenvalue weighted by Gasteiger charge is -2.12. The molecule has 2 heterocycles. The standard InChI is InChI=1S/C15H17N5O/c1-20-15-13(9-19-20)14(17-10-18-15)16-8-12(21)7-11-5-3-2-4-6-11/h2-6,9-10,12,21H,7-8H2,1H3,(H,16,17,18). The van der Waals surface area contributed by atoms with Crippen LogP contribution < -0.4 is 5.32 Å². The Bertz CT molecular complexity index is 725. The van der Waals surface area contributed by atoms with Crippen molar-refractivity contribution in [3.05, 3.63) is 48.4 Å². The number of aliphatic hydroxyl groups excluding tert-OH is 1. The van der Waals surface area contributed by atoms with E-state index in [4.69, 9.17) is 0 Å². The van der Waals surface area contributed by atoms with Crippen LogP contribution in [0.3, 0.4) is 0 Å². The van der Waals surface area contributed by atoms with Crippen molar-refractivity contribution in [1.82, 2.24) is 19.7 Å². The van der Waals surface area contributed by atoms with Gasteiger partial charge in [-0.3, -0.25) is 4.68 Å². The van der Waals surface area contributed by atoms with Crippen molar-refractivity contribution in [2.24, 2.45) is 7.05 Å². The molecule has 0 radical (unpaired) electrons. The second kappa shape index (κ2) is 5.88. The molecular weight excluding hydrogens is 266 g/mol. The predicted octanol–water partition coefficient (Wildman–Crippen LogP) is 1.38. The van der Waals surface area contributed by atoms with Crippen molar-refractivity contribution >= 4 is 16.9 Å². The highest BCUT2D eigenvalue weighted by Crippen LogP contribution is 2.17. The van der Waals surface area contributed by atoms with Gasteiger partial charge in [0, 0.05) is 20.0 Å². The molecule has 1 atom stereocenters. The van der Waals surface area contributed by atoms with E-state index in [1.54, 1.807) is 10.9 Å². The number of nitrogens with zero attached hydrogens (tertiary/aromatic N) is 4. The molecule has 1 aromatic carbocycles. The second-order valence-electron chi connectivity index (χ2n) is 4.95. The van der Waals surface area contributed by atoms with Gasteiger partial charge in [0.1, 0.15) is 12.1 Å². The minimum atomic E-state index is -0.478. The SMILES string of the molecule is Cn1ncc2c(NCC(O)Cc3ccccc3)ncnc21. The first kappa shape index (κ1) is 13.5. The molecule has 0 spiro atoms. The maximum atomic E-state index is 10.1. The van der Waals surface area contributed by atoms with Crippen LogP contribution in [0.25, 0.3) is 11.0 Å². The fraction of sp³-hybridized carbons (Fsp3) is 0.267. The van der Waals surface area contributed by atoms with E-state index in [1.165, 1.54) is 6.33 Å². The number of aromatic nitrogens is 4. The third-order valence-corrected chi connectivity index (χ3v) is 3.35. The largest absolute Gasteiger partial charge is 0.391 e. The summed E-state index contributed by atoms with van der Waals surface area (Å²) in [7, 11) is 1.84. The summed E-state index contributed by atoms with van der Waals surface area (Å²) in [5, 5.41) is 18.3. The summed E-state index contributed by atoms with van der Waals surface area (Å²) in [6.45, 7) is 0.426. The molecule has 0 fully saturated rings. The lowest BCUT2D eigenvalue weighted by atomic mass is 10.1. The van der Waals surface area contributed by atoms with E-state index in [0.29, 0.717) is 18.8 Å². The number of anilines is 1. The topological polar surface area (TPSA) is 75.9 Å². The molecule has 108 valence electrons. The van der Waals surface area contributed by atoms with E-state index in [0.717, 1.165) is 16.6 Å². The van der Waals surface area contributed by atoms with Crippen molar-refractivity contribution in [3.63, 3.8) is 0 Å². The summed E-state index contributed by atoms with van der Waals surface area (Å²) in [5.41, 5.74) is 1.88. The molecule has 3 aromatic rings. The summed E-state index contributed by atoms with van der Waals surface area (Å²) in [5.74, 6) is 0.695. The Morgan fingerprint density at radius 3 is 2.86 bits per heavy atom. The highest BCUT2D eigenvalue weighted by molar-refractivity contribution is 5.85. The third-order valence-electron chi connectivity index (χ3n) is 3.35. The molecular formula is C15H17N5O. The Morgan fingerprint density at radius 2 is 2.05 bits per heavy atom. The van der Waals surface area contributed by atoms with Gasteiger partial charge in [-0.05, 0) is 5.56 Å². The van der Waals surface area contributed by atoms with E-state index in [-0.39, 0.29) is 0 Å². The fourth-order valence-corrected chi connectivity index (χ4v) is 2.28. The fourth-order valence-electron chi connectivity index (χ4n) is 2.28. The summed E-state index contributed by atoms with van der Waals surface area (Å²) in [6, 6.07) is 9.92. The zero-order valence-electron chi connectivity index (χ0n) is 11.8. The second-order valence-corrected chi connectivity index (χ2v) is 4.95. The van der Waals surface area contributed by atoms with Crippen LogP contribution in [0.5, 0.6) is 0 Å². The van der Waals surface area contributed by atoms with Gasteiger partial charge in [-0.15, -0.1) is 0 Å². The maximum absolute atomic E-state index is 10.1. The van der Waals surface area contributed by atoms with Crippen LogP contribution in [0.15, 0.2) is 42.9 Å². The smallest absolute Gasteiger partial charge is 0.163 e. The Hall–Kier alpha value is -2.47. The first-order valence-corrected chi connectivity index (χ1v) is 6.82. The quantitative estimate of drug-likeness (QED) is 0.740. The number of nitrogens with one attached hydrogen (secondary N) is 1. The van der Waals surface area contributed by atoms with Crippen LogP contribution in [-0.2, 0) is 13.5 Å². The van der Waals surface area contributed by atoms with Gasteiger partial charge in [-0.25, -0.2) is 9.97 Å². The molecule has 0 saturated heterocycles. The molecule has 1 unspecified atom stereocenters. The number of benzene rings is 1. The summed E-state index contributed by atoms with van der Waals surface area (Å²) >= 11 is 0. The van der Waals surface area contributed by atoms with Crippen molar-refractivity contribution in [2.45, 2.75) is 12.5 Å². The number of aliphatic hydroxyl groups is 1. The summed E-state index contributed by atoms with van der Waals surface area (Å²) < 4.78 is 1.70. The van der Waals surface area contributed by atoms with Crippen molar-refractivity contribution in [1.29, 1.82) is 0 Å².